The summed E-state index contributed by atoms with van der Waals surface area (Å²) in [4.78, 5) is 35.5. The number of amides is 2. The van der Waals surface area contributed by atoms with Crippen molar-refractivity contribution >= 4 is 35.1 Å². The smallest absolute Gasteiger partial charge is 0.361 e. The molecule has 1 atom stereocenters. The van der Waals surface area contributed by atoms with E-state index in [-0.39, 0.29) is 57.0 Å². The van der Waals surface area contributed by atoms with Crippen molar-refractivity contribution in [2.75, 3.05) is 39.3 Å². The molecule has 4 aromatic rings. The zero-order valence-electron chi connectivity index (χ0n) is 25.9. The molecule has 2 fully saturated rings. The third kappa shape index (κ3) is 7.81. The van der Waals surface area contributed by atoms with E-state index in [0.29, 0.717) is 31.1 Å². The summed E-state index contributed by atoms with van der Waals surface area (Å²) in [5.41, 5.74) is -0.798. The van der Waals surface area contributed by atoms with Crippen molar-refractivity contribution in [1.29, 1.82) is 0 Å². The normalized spacial score (nSPS) is 18.2. The van der Waals surface area contributed by atoms with Crippen LogP contribution >= 0.6 is 12.4 Å². The maximum atomic E-state index is 13.8. The lowest BCUT2D eigenvalue weighted by molar-refractivity contribution is -0.143. The van der Waals surface area contributed by atoms with Crippen LogP contribution in [0, 0.1) is 0 Å². The Labute approximate surface area is 280 Å². The Bertz CT molecular complexity index is 1700. The number of nitrogens with one attached hydrogen (secondary N) is 1. The van der Waals surface area contributed by atoms with Crippen LogP contribution in [-0.2, 0) is 23.6 Å². The summed E-state index contributed by atoms with van der Waals surface area (Å²) in [7, 11) is 0. The van der Waals surface area contributed by atoms with Gasteiger partial charge in [0.2, 0.25) is 5.91 Å². The number of H-pyrrole nitrogens is 1. The predicted molar refractivity (Wildman–Crippen MR) is 172 cm³/mol. The minimum absolute atomic E-state index is 0. The van der Waals surface area contributed by atoms with Gasteiger partial charge in [0.15, 0.2) is 0 Å². The maximum absolute atomic E-state index is 13.8. The van der Waals surface area contributed by atoms with E-state index in [9.17, 15) is 35.9 Å². The van der Waals surface area contributed by atoms with Crippen LogP contribution in [0.15, 0.2) is 79.0 Å². The van der Waals surface area contributed by atoms with Gasteiger partial charge in [0, 0.05) is 61.4 Å². The number of piperazine rings is 1. The van der Waals surface area contributed by atoms with Crippen LogP contribution in [0.5, 0.6) is 0 Å². The molecule has 2 aliphatic rings. The topological polar surface area (TPSA) is 59.7 Å². The number of halogens is 7. The molecule has 48 heavy (non-hydrogen) atoms. The highest BCUT2D eigenvalue weighted by atomic mass is 35.5. The van der Waals surface area contributed by atoms with E-state index in [2.05, 4.69) is 17.1 Å². The van der Waals surface area contributed by atoms with E-state index in [1.54, 1.807) is 6.20 Å². The van der Waals surface area contributed by atoms with Gasteiger partial charge in [-0.2, -0.15) is 26.3 Å². The number of carbonyl (C=O) groups is 2. The van der Waals surface area contributed by atoms with Crippen molar-refractivity contribution in [3.63, 3.8) is 0 Å². The molecule has 2 saturated heterocycles. The highest BCUT2D eigenvalue weighted by Crippen LogP contribution is 2.37. The lowest BCUT2D eigenvalue weighted by Crippen LogP contribution is -2.57. The Morgan fingerprint density at radius 2 is 1.42 bits per heavy atom. The number of hydrogen-bond acceptors (Lipinski definition) is 3. The molecule has 0 aliphatic carbocycles. The summed E-state index contributed by atoms with van der Waals surface area (Å²) < 4.78 is 81.7. The highest BCUT2D eigenvalue weighted by Gasteiger charge is 2.39. The van der Waals surface area contributed by atoms with Crippen LogP contribution in [0.1, 0.15) is 51.4 Å². The Balaban J connectivity index is 0.00000451. The third-order valence-corrected chi connectivity index (χ3v) is 9.27. The fourth-order valence-electron chi connectivity index (χ4n) is 6.78. The molecule has 6 rings (SSSR count). The summed E-state index contributed by atoms with van der Waals surface area (Å²) in [5.74, 6) is -0.584. The molecule has 3 heterocycles. The number of aromatic nitrogens is 1. The largest absolute Gasteiger partial charge is 0.416 e. The summed E-state index contributed by atoms with van der Waals surface area (Å²) in [6.45, 7) is 1.84. The lowest BCUT2D eigenvalue weighted by atomic mass is 9.89. The van der Waals surface area contributed by atoms with E-state index >= 15 is 0 Å². The van der Waals surface area contributed by atoms with Crippen molar-refractivity contribution in [2.24, 2.45) is 0 Å². The monoisotopic (exact) mass is 692 g/mol. The fraction of sp³-hybridized carbons (Fsp3) is 0.371. The van der Waals surface area contributed by atoms with Gasteiger partial charge in [-0.1, -0.05) is 48.5 Å². The van der Waals surface area contributed by atoms with Gasteiger partial charge in [-0.25, -0.2) is 0 Å². The zero-order chi connectivity index (χ0) is 33.3. The number of likely N-dealkylation sites (tertiary alicyclic amines) is 1. The molecule has 0 radical (unpaired) electrons. The van der Waals surface area contributed by atoms with Crippen LogP contribution in [0.25, 0.3) is 10.9 Å². The molecule has 0 saturated carbocycles. The van der Waals surface area contributed by atoms with Gasteiger partial charge in [-0.15, -0.1) is 12.4 Å². The molecule has 1 aromatic heterocycles. The summed E-state index contributed by atoms with van der Waals surface area (Å²) in [6.07, 6.45) is -6.38. The number of aromatic amines is 1. The number of alkyl halides is 6. The number of nitrogens with zero attached hydrogens (tertiary/aromatic N) is 3. The van der Waals surface area contributed by atoms with E-state index in [1.807, 2.05) is 52.3 Å². The van der Waals surface area contributed by atoms with Crippen molar-refractivity contribution in [1.82, 2.24) is 19.7 Å². The van der Waals surface area contributed by atoms with Crippen molar-refractivity contribution in [3.05, 3.63) is 107 Å². The zero-order valence-corrected chi connectivity index (χ0v) is 26.7. The van der Waals surface area contributed by atoms with Crippen LogP contribution in [-0.4, -0.2) is 76.8 Å². The van der Waals surface area contributed by atoms with E-state index in [4.69, 9.17) is 0 Å². The minimum Gasteiger partial charge on any atom is -0.361 e. The second-order valence-corrected chi connectivity index (χ2v) is 12.3. The molecule has 256 valence electrons. The molecule has 1 N–H and O–H groups in total. The van der Waals surface area contributed by atoms with Crippen LogP contribution in [0.4, 0.5) is 26.3 Å². The third-order valence-electron chi connectivity index (χ3n) is 9.27. The molecule has 2 aliphatic heterocycles. The van der Waals surface area contributed by atoms with E-state index in [0.717, 1.165) is 29.3 Å². The Hall–Kier alpha value is -4.03. The second kappa shape index (κ2) is 14.2. The van der Waals surface area contributed by atoms with Gasteiger partial charge >= 0.3 is 12.4 Å². The fourth-order valence-corrected chi connectivity index (χ4v) is 6.78. The molecular formula is C35H35ClF6N4O2. The number of piperidine rings is 1. The predicted octanol–water partition coefficient (Wildman–Crippen LogP) is 7.40. The first kappa shape index (κ1) is 35.3. The average molecular weight is 693 g/mol. The van der Waals surface area contributed by atoms with E-state index < -0.39 is 41.0 Å². The number of para-hydroxylation sites is 1. The molecule has 0 unspecified atom stereocenters. The van der Waals surface area contributed by atoms with Crippen molar-refractivity contribution in [2.45, 2.75) is 43.6 Å². The Morgan fingerprint density at radius 3 is 2.06 bits per heavy atom. The molecule has 13 heteroatoms. The SMILES string of the molecule is Cl.O=C(CN1CCN(C(=O)c2cc(C(F)(F)F)cc(C(F)(F)F)c2)[C@H](Cc2c[nH]c3ccccc23)C1)N1CCC(c2ccccc2)CC1. The first-order valence-electron chi connectivity index (χ1n) is 15.6. The maximum Gasteiger partial charge on any atom is 0.416 e. The van der Waals surface area contributed by atoms with Gasteiger partial charge < -0.3 is 14.8 Å². The Kier molecular flexibility index (Phi) is 10.4. The van der Waals surface area contributed by atoms with Crippen molar-refractivity contribution in [3.8, 4) is 0 Å². The van der Waals surface area contributed by atoms with Gasteiger partial charge in [0.05, 0.1) is 17.7 Å². The summed E-state index contributed by atoms with van der Waals surface area (Å²) in [6, 6.07) is 18.1. The van der Waals surface area contributed by atoms with Crippen LogP contribution in [0.2, 0.25) is 0 Å². The highest BCUT2D eigenvalue weighted by molar-refractivity contribution is 5.95. The van der Waals surface area contributed by atoms with Gasteiger partial charge in [-0.05, 0) is 60.6 Å². The first-order valence-corrected chi connectivity index (χ1v) is 15.6. The van der Waals surface area contributed by atoms with Crippen LogP contribution in [0.3, 0.4) is 0 Å². The molecule has 6 nitrogen and oxygen atoms in total. The minimum atomic E-state index is -5.08. The van der Waals surface area contributed by atoms with E-state index in [1.165, 1.54) is 10.5 Å². The molecule has 3 aromatic carbocycles. The first-order chi connectivity index (χ1) is 22.4. The lowest BCUT2D eigenvalue weighted by Gasteiger charge is -2.42. The second-order valence-electron chi connectivity index (χ2n) is 12.3. The van der Waals surface area contributed by atoms with Gasteiger partial charge in [-0.3, -0.25) is 14.5 Å². The number of fused-ring (bicyclic) bond motifs is 1. The average Bonchev–Trinajstić information content (AvgIpc) is 3.46. The number of carbonyl (C=O) groups excluding carboxylic acids is 2. The van der Waals surface area contributed by atoms with Crippen molar-refractivity contribution < 1.29 is 35.9 Å². The number of rotatable bonds is 6. The van der Waals surface area contributed by atoms with Crippen LogP contribution < -0.4 is 0 Å². The Morgan fingerprint density at radius 1 is 0.792 bits per heavy atom. The number of hydrogen-bond donors (Lipinski definition) is 1. The van der Waals surface area contributed by atoms with Gasteiger partial charge in [0.25, 0.3) is 5.91 Å². The molecule has 0 spiro atoms. The summed E-state index contributed by atoms with van der Waals surface area (Å²) in [5, 5.41) is 0.896. The number of benzene rings is 3. The van der Waals surface area contributed by atoms with Gasteiger partial charge in [0.1, 0.15) is 0 Å². The molecular weight excluding hydrogens is 658 g/mol. The quantitative estimate of drug-likeness (QED) is 0.214. The summed E-state index contributed by atoms with van der Waals surface area (Å²) >= 11 is 0. The molecule has 0 bridgehead atoms. The standard InChI is InChI=1S/C35H34F6N4O2.ClH/c36-34(37,38)27-16-25(17-28(19-27)35(39,40)41)33(47)45-15-14-43(21-29(45)18-26-20-42-31-9-5-4-8-30(26)31)22-32(46)44-12-10-24(11-13-44)23-6-2-1-3-7-23;/h1-9,16-17,19-20,24,29,42H,10-15,18,21-22H2;1H/t29-;/m1./s1. The molecule has 2 amide bonds.